The number of carboxylic acids is 1. The van der Waals surface area contributed by atoms with Gasteiger partial charge in [-0.2, -0.15) is 0 Å². The first kappa shape index (κ1) is 11.7. The zero-order valence-electron chi connectivity index (χ0n) is 10.5. The maximum Gasteiger partial charge on any atom is 0.303 e. The van der Waals surface area contributed by atoms with Crippen LogP contribution in [0.5, 0.6) is 0 Å². The molecule has 96 valence electrons. The topological polar surface area (TPSA) is 49.3 Å². The second-order valence-corrected chi connectivity index (χ2v) is 5.62. The third kappa shape index (κ3) is 1.83. The molecule has 18 heavy (non-hydrogen) atoms. The normalized spacial score (nSPS) is 25.0. The van der Waals surface area contributed by atoms with E-state index in [9.17, 15) is 4.79 Å². The fourth-order valence-corrected chi connectivity index (χ4v) is 3.80. The molecule has 2 aliphatic rings. The van der Waals surface area contributed by atoms with Gasteiger partial charge in [0.15, 0.2) is 0 Å². The fourth-order valence-electron chi connectivity index (χ4n) is 3.80. The van der Waals surface area contributed by atoms with E-state index < -0.39 is 5.97 Å². The van der Waals surface area contributed by atoms with Crippen molar-refractivity contribution < 1.29 is 9.90 Å². The summed E-state index contributed by atoms with van der Waals surface area (Å²) in [5.41, 5.74) is 2.93. The molecule has 3 heteroatoms. The van der Waals surface area contributed by atoms with Gasteiger partial charge in [-0.3, -0.25) is 4.79 Å². The number of hydrogen-bond acceptors (Lipinski definition) is 2. The highest BCUT2D eigenvalue weighted by atomic mass is 16.4. The molecule has 1 heterocycles. The SMILES string of the molecule is O=C(O)C[C@H]1CC2(CCNCC2)c2ccccc21. The van der Waals surface area contributed by atoms with Gasteiger partial charge in [0.2, 0.25) is 0 Å². The molecule has 1 aliphatic heterocycles. The summed E-state index contributed by atoms with van der Waals surface area (Å²) in [4.78, 5) is 11.0. The van der Waals surface area contributed by atoms with E-state index in [1.54, 1.807) is 0 Å². The minimum absolute atomic E-state index is 0.205. The second-order valence-electron chi connectivity index (χ2n) is 5.62. The standard InChI is InChI=1S/C15H19NO2/c17-14(18)9-11-10-15(5-7-16-8-6-15)13-4-2-1-3-12(11)13/h1-4,11,16H,5-10H2,(H,17,18)/t11-/m0/s1. The number of piperidine rings is 1. The van der Waals surface area contributed by atoms with Gasteiger partial charge in [0, 0.05) is 0 Å². The number of aliphatic carboxylic acids is 1. The van der Waals surface area contributed by atoms with Crippen LogP contribution in [0.15, 0.2) is 24.3 Å². The van der Waals surface area contributed by atoms with E-state index in [-0.39, 0.29) is 17.8 Å². The lowest BCUT2D eigenvalue weighted by atomic mass is 9.74. The summed E-state index contributed by atoms with van der Waals surface area (Å²) in [5.74, 6) is -0.474. The number of carbonyl (C=O) groups is 1. The van der Waals surface area contributed by atoms with Crippen molar-refractivity contribution in [3.8, 4) is 0 Å². The first-order valence-corrected chi connectivity index (χ1v) is 6.73. The molecule has 3 nitrogen and oxygen atoms in total. The number of hydrogen-bond donors (Lipinski definition) is 2. The van der Waals surface area contributed by atoms with Crippen molar-refractivity contribution in [1.29, 1.82) is 0 Å². The molecule has 0 unspecified atom stereocenters. The maximum absolute atomic E-state index is 11.0. The first-order valence-electron chi connectivity index (χ1n) is 6.73. The van der Waals surface area contributed by atoms with Crippen LogP contribution in [-0.2, 0) is 10.2 Å². The molecule has 1 fully saturated rings. The van der Waals surface area contributed by atoms with Gasteiger partial charge < -0.3 is 10.4 Å². The summed E-state index contributed by atoms with van der Waals surface area (Å²) in [5, 5.41) is 12.5. The largest absolute Gasteiger partial charge is 0.481 e. The molecule has 1 aromatic carbocycles. The lowest BCUT2D eigenvalue weighted by Crippen LogP contribution is -2.38. The molecular weight excluding hydrogens is 226 g/mol. The van der Waals surface area contributed by atoms with E-state index in [1.165, 1.54) is 11.1 Å². The summed E-state index contributed by atoms with van der Waals surface area (Å²) in [6.07, 6.45) is 3.56. The van der Waals surface area contributed by atoms with Crippen molar-refractivity contribution in [3.63, 3.8) is 0 Å². The molecule has 3 rings (SSSR count). The van der Waals surface area contributed by atoms with Gasteiger partial charge in [0.1, 0.15) is 0 Å². The van der Waals surface area contributed by atoms with E-state index in [0.29, 0.717) is 0 Å². The molecule has 0 radical (unpaired) electrons. The van der Waals surface area contributed by atoms with Crippen LogP contribution in [-0.4, -0.2) is 24.2 Å². The van der Waals surface area contributed by atoms with Crippen molar-refractivity contribution in [2.24, 2.45) is 0 Å². The fraction of sp³-hybridized carbons (Fsp3) is 0.533. The Labute approximate surface area is 107 Å². The van der Waals surface area contributed by atoms with Crippen LogP contribution in [0.2, 0.25) is 0 Å². The Hall–Kier alpha value is -1.35. The summed E-state index contributed by atoms with van der Waals surface area (Å²) in [7, 11) is 0. The van der Waals surface area contributed by atoms with Gasteiger partial charge in [-0.15, -0.1) is 0 Å². The number of carboxylic acid groups (broad SMARTS) is 1. The highest BCUT2D eigenvalue weighted by molar-refractivity contribution is 5.68. The Bertz CT molecular complexity index is 463. The Kier molecular flexibility index (Phi) is 2.86. The average molecular weight is 245 g/mol. The molecule has 0 aromatic heterocycles. The lowest BCUT2D eigenvalue weighted by Gasteiger charge is -2.35. The molecule has 1 aliphatic carbocycles. The number of fused-ring (bicyclic) bond motifs is 2. The maximum atomic E-state index is 11.0. The molecular formula is C15H19NO2. The third-order valence-corrected chi connectivity index (χ3v) is 4.59. The predicted molar refractivity (Wildman–Crippen MR) is 69.8 cm³/mol. The van der Waals surface area contributed by atoms with E-state index in [0.717, 1.165) is 32.4 Å². The van der Waals surface area contributed by atoms with Gasteiger partial charge in [0.05, 0.1) is 6.42 Å². The Morgan fingerprint density at radius 1 is 1.33 bits per heavy atom. The van der Waals surface area contributed by atoms with Crippen LogP contribution in [0.25, 0.3) is 0 Å². The Morgan fingerprint density at radius 3 is 2.78 bits per heavy atom. The predicted octanol–water partition coefficient (Wildman–Crippen LogP) is 2.27. The quantitative estimate of drug-likeness (QED) is 0.840. The third-order valence-electron chi connectivity index (χ3n) is 4.59. The number of nitrogens with one attached hydrogen (secondary N) is 1. The Morgan fingerprint density at radius 2 is 2.06 bits per heavy atom. The van der Waals surface area contributed by atoms with Crippen molar-refractivity contribution in [2.45, 2.75) is 37.0 Å². The van der Waals surface area contributed by atoms with Crippen LogP contribution < -0.4 is 5.32 Å². The highest BCUT2D eigenvalue weighted by Crippen LogP contribution is 2.51. The summed E-state index contributed by atoms with van der Waals surface area (Å²) in [6.45, 7) is 2.10. The zero-order valence-corrected chi connectivity index (χ0v) is 10.5. The molecule has 2 N–H and O–H groups in total. The first-order chi connectivity index (χ1) is 8.71. The number of benzene rings is 1. The molecule has 1 spiro atoms. The second kappa shape index (κ2) is 4.39. The molecule has 0 amide bonds. The zero-order chi connectivity index (χ0) is 12.6. The number of rotatable bonds is 2. The van der Waals surface area contributed by atoms with Crippen molar-refractivity contribution in [3.05, 3.63) is 35.4 Å². The highest BCUT2D eigenvalue weighted by Gasteiger charge is 2.44. The van der Waals surface area contributed by atoms with Crippen molar-refractivity contribution >= 4 is 5.97 Å². The van der Waals surface area contributed by atoms with Crippen molar-refractivity contribution in [2.75, 3.05) is 13.1 Å². The average Bonchev–Trinajstić information content (AvgIpc) is 2.65. The summed E-state index contributed by atoms with van der Waals surface area (Å²) < 4.78 is 0. The molecule has 1 aromatic rings. The van der Waals surface area contributed by atoms with Gasteiger partial charge in [-0.25, -0.2) is 0 Å². The Balaban J connectivity index is 1.98. The lowest BCUT2D eigenvalue weighted by molar-refractivity contribution is -0.137. The summed E-state index contributed by atoms with van der Waals surface area (Å²) in [6, 6.07) is 8.46. The molecule has 1 saturated heterocycles. The van der Waals surface area contributed by atoms with E-state index in [4.69, 9.17) is 5.11 Å². The van der Waals surface area contributed by atoms with Gasteiger partial charge in [-0.05, 0) is 54.8 Å². The van der Waals surface area contributed by atoms with Crippen LogP contribution >= 0.6 is 0 Å². The monoisotopic (exact) mass is 245 g/mol. The van der Waals surface area contributed by atoms with E-state index in [2.05, 4.69) is 23.5 Å². The van der Waals surface area contributed by atoms with Crippen molar-refractivity contribution in [1.82, 2.24) is 5.32 Å². The molecule has 1 atom stereocenters. The minimum atomic E-state index is -0.680. The van der Waals surface area contributed by atoms with Crippen LogP contribution in [0.3, 0.4) is 0 Å². The van der Waals surface area contributed by atoms with Gasteiger partial charge >= 0.3 is 5.97 Å². The van der Waals surface area contributed by atoms with Crippen LogP contribution in [0, 0.1) is 0 Å². The van der Waals surface area contributed by atoms with Crippen LogP contribution in [0.4, 0.5) is 0 Å². The molecule has 0 saturated carbocycles. The van der Waals surface area contributed by atoms with E-state index >= 15 is 0 Å². The summed E-state index contributed by atoms with van der Waals surface area (Å²) >= 11 is 0. The smallest absolute Gasteiger partial charge is 0.303 e. The van der Waals surface area contributed by atoms with Gasteiger partial charge in [0.25, 0.3) is 0 Å². The van der Waals surface area contributed by atoms with Gasteiger partial charge in [-0.1, -0.05) is 24.3 Å². The van der Waals surface area contributed by atoms with Crippen LogP contribution in [0.1, 0.15) is 42.7 Å². The molecule has 0 bridgehead atoms. The van der Waals surface area contributed by atoms with E-state index in [1.807, 2.05) is 6.07 Å². The minimum Gasteiger partial charge on any atom is -0.481 e.